The molecule has 3 atom stereocenters. The summed E-state index contributed by atoms with van der Waals surface area (Å²) in [6.45, 7) is 6.14. The Kier molecular flexibility index (Phi) is 5.00. The zero-order valence-corrected chi connectivity index (χ0v) is 11.8. The summed E-state index contributed by atoms with van der Waals surface area (Å²) in [4.78, 5) is 0. The molecule has 0 bridgehead atoms. The summed E-state index contributed by atoms with van der Waals surface area (Å²) in [7, 11) is -3.10. The zero-order valence-electron chi connectivity index (χ0n) is 11.0. The highest BCUT2D eigenvalue weighted by molar-refractivity contribution is 7.92. The van der Waals surface area contributed by atoms with Crippen molar-refractivity contribution in [3.05, 3.63) is 0 Å². The van der Waals surface area contributed by atoms with Crippen LogP contribution in [0.15, 0.2) is 0 Å². The van der Waals surface area contributed by atoms with E-state index >= 15 is 0 Å². The standard InChI is InChI=1S/C13H23NO2S/c1-10(2)6-7-17(15,16)13-8-11(3)4-5-12(13)9-14/h10-13H,4-8H2,1-3H3. The molecule has 0 aromatic carbocycles. The molecule has 1 fully saturated rings. The van der Waals surface area contributed by atoms with Gasteiger partial charge in [0, 0.05) is 0 Å². The molecule has 0 spiro atoms. The highest BCUT2D eigenvalue weighted by Crippen LogP contribution is 2.33. The van der Waals surface area contributed by atoms with Crippen molar-refractivity contribution >= 4 is 9.84 Å². The first-order valence-electron chi connectivity index (χ1n) is 6.48. The molecule has 0 N–H and O–H groups in total. The van der Waals surface area contributed by atoms with Crippen molar-refractivity contribution in [1.82, 2.24) is 0 Å². The first kappa shape index (κ1) is 14.5. The van der Waals surface area contributed by atoms with Crippen molar-refractivity contribution in [3.8, 4) is 6.07 Å². The lowest BCUT2D eigenvalue weighted by molar-refractivity contribution is 0.334. The van der Waals surface area contributed by atoms with Gasteiger partial charge in [0.2, 0.25) is 0 Å². The molecule has 0 aromatic heterocycles. The number of nitrogens with zero attached hydrogens (tertiary/aromatic N) is 1. The van der Waals surface area contributed by atoms with Crippen LogP contribution in [0.1, 0.15) is 46.5 Å². The van der Waals surface area contributed by atoms with E-state index in [1.807, 2.05) is 13.8 Å². The summed E-state index contributed by atoms with van der Waals surface area (Å²) >= 11 is 0. The van der Waals surface area contributed by atoms with Crippen molar-refractivity contribution < 1.29 is 8.42 Å². The summed E-state index contributed by atoms with van der Waals surface area (Å²) in [6, 6.07) is 2.19. The molecule has 17 heavy (non-hydrogen) atoms. The van der Waals surface area contributed by atoms with Gasteiger partial charge in [-0.25, -0.2) is 8.42 Å². The summed E-state index contributed by atoms with van der Waals surface area (Å²) in [6.07, 6.45) is 3.09. The summed E-state index contributed by atoms with van der Waals surface area (Å²) in [5, 5.41) is 8.65. The van der Waals surface area contributed by atoms with Gasteiger partial charge in [-0.05, 0) is 37.5 Å². The van der Waals surface area contributed by atoms with Gasteiger partial charge in [-0.2, -0.15) is 5.26 Å². The van der Waals surface area contributed by atoms with E-state index in [0.717, 1.165) is 12.8 Å². The molecule has 1 aliphatic carbocycles. The highest BCUT2D eigenvalue weighted by atomic mass is 32.2. The van der Waals surface area contributed by atoms with E-state index in [2.05, 4.69) is 13.0 Å². The topological polar surface area (TPSA) is 57.9 Å². The second-order valence-electron chi connectivity index (χ2n) is 5.74. The average Bonchev–Trinajstić information content (AvgIpc) is 2.26. The van der Waals surface area contributed by atoms with Crippen LogP contribution in [0.4, 0.5) is 0 Å². The Labute approximate surface area is 105 Å². The second-order valence-corrected chi connectivity index (χ2v) is 8.08. The van der Waals surface area contributed by atoms with Gasteiger partial charge in [0.25, 0.3) is 0 Å². The average molecular weight is 257 g/mol. The van der Waals surface area contributed by atoms with E-state index in [1.165, 1.54) is 0 Å². The first-order valence-corrected chi connectivity index (χ1v) is 8.19. The van der Waals surface area contributed by atoms with E-state index in [4.69, 9.17) is 5.26 Å². The van der Waals surface area contributed by atoms with Gasteiger partial charge >= 0.3 is 0 Å². The molecule has 0 saturated heterocycles. The molecule has 3 unspecified atom stereocenters. The number of sulfone groups is 1. The molecule has 4 heteroatoms. The number of hydrogen-bond acceptors (Lipinski definition) is 3. The van der Waals surface area contributed by atoms with Crippen molar-refractivity contribution in [2.24, 2.45) is 17.8 Å². The summed E-state index contributed by atoms with van der Waals surface area (Å²) in [5.74, 6) is 0.772. The Morgan fingerprint density at radius 2 is 2.00 bits per heavy atom. The molecule has 1 aliphatic rings. The Hall–Kier alpha value is -0.560. The van der Waals surface area contributed by atoms with Crippen LogP contribution in [0.2, 0.25) is 0 Å². The number of rotatable bonds is 4. The zero-order chi connectivity index (χ0) is 13.1. The molecule has 1 rings (SSSR count). The minimum atomic E-state index is -3.10. The van der Waals surface area contributed by atoms with E-state index in [9.17, 15) is 8.42 Å². The van der Waals surface area contributed by atoms with Gasteiger partial charge in [0.05, 0.1) is 23.0 Å². The maximum Gasteiger partial charge on any atom is 0.154 e. The summed E-state index contributed by atoms with van der Waals surface area (Å²) < 4.78 is 24.5. The second kappa shape index (κ2) is 5.86. The van der Waals surface area contributed by atoms with E-state index < -0.39 is 15.1 Å². The fraction of sp³-hybridized carbons (Fsp3) is 0.923. The van der Waals surface area contributed by atoms with Gasteiger partial charge in [-0.1, -0.05) is 20.8 Å². The quantitative estimate of drug-likeness (QED) is 0.778. The molecule has 0 radical (unpaired) electrons. The predicted molar refractivity (Wildman–Crippen MR) is 69.1 cm³/mol. The smallest absolute Gasteiger partial charge is 0.154 e. The van der Waals surface area contributed by atoms with Crippen LogP contribution in [0, 0.1) is 29.1 Å². The third-order valence-electron chi connectivity index (χ3n) is 3.66. The van der Waals surface area contributed by atoms with Crippen molar-refractivity contribution in [2.75, 3.05) is 5.75 Å². The number of hydrogen-bond donors (Lipinski definition) is 0. The van der Waals surface area contributed by atoms with Crippen LogP contribution in [0.25, 0.3) is 0 Å². The van der Waals surface area contributed by atoms with Gasteiger partial charge < -0.3 is 0 Å². The van der Waals surface area contributed by atoms with Gasteiger partial charge in [0.15, 0.2) is 9.84 Å². The Balaban J connectivity index is 2.76. The molecule has 98 valence electrons. The van der Waals surface area contributed by atoms with Gasteiger partial charge in [0.1, 0.15) is 0 Å². The molecule has 3 nitrogen and oxygen atoms in total. The van der Waals surface area contributed by atoms with Crippen LogP contribution < -0.4 is 0 Å². The van der Waals surface area contributed by atoms with E-state index in [1.54, 1.807) is 0 Å². The van der Waals surface area contributed by atoms with Crippen molar-refractivity contribution in [2.45, 2.75) is 51.7 Å². The normalized spacial score (nSPS) is 30.2. The largest absolute Gasteiger partial charge is 0.229 e. The van der Waals surface area contributed by atoms with Crippen LogP contribution in [0.5, 0.6) is 0 Å². The molecule has 0 amide bonds. The maximum absolute atomic E-state index is 12.3. The fourth-order valence-electron chi connectivity index (χ4n) is 2.42. The van der Waals surface area contributed by atoms with Crippen molar-refractivity contribution in [3.63, 3.8) is 0 Å². The lowest BCUT2D eigenvalue weighted by Gasteiger charge is -2.30. The summed E-state index contributed by atoms with van der Waals surface area (Å²) in [5.41, 5.74) is 0. The SMILES string of the molecule is CC(C)CCS(=O)(=O)C1CC(C)CCC1C#N. The molecular formula is C13H23NO2S. The monoisotopic (exact) mass is 257 g/mol. The van der Waals surface area contributed by atoms with E-state index in [-0.39, 0.29) is 11.7 Å². The third kappa shape index (κ3) is 3.99. The molecule has 0 heterocycles. The Morgan fingerprint density at radius 3 is 2.53 bits per heavy atom. The van der Waals surface area contributed by atoms with Gasteiger partial charge in [-0.15, -0.1) is 0 Å². The molecule has 1 saturated carbocycles. The first-order chi connectivity index (χ1) is 7.86. The molecule has 0 aromatic rings. The Bertz CT molecular complexity index is 381. The lowest BCUT2D eigenvalue weighted by Crippen LogP contribution is -2.36. The number of nitriles is 1. The predicted octanol–water partition coefficient (Wildman–Crippen LogP) is 2.78. The van der Waals surface area contributed by atoms with Crippen LogP contribution in [0.3, 0.4) is 0 Å². The third-order valence-corrected chi connectivity index (χ3v) is 5.91. The van der Waals surface area contributed by atoms with Crippen LogP contribution in [-0.4, -0.2) is 19.4 Å². The molecular weight excluding hydrogens is 234 g/mol. The van der Waals surface area contributed by atoms with Crippen LogP contribution in [-0.2, 0) is 9.84 Å². The van der Waals surface area contributed by atoms with Gasteiger partial charge in [-0.3, -0.25) is 0 Å². The highest BCUT2D eigenvalue weighted by Gasteiger charge is 2.37. The minimum Gasteiger partial charge on any atom is -0.229 e. The maximum atomic E-state index is 12.3. The van der Waals surface area contributed by atoms with Crippen LogP contribution >= 0.6 is 0 Å². The minimum absolute atomic E-state index is 0.236. The fourth-order valence-corrected chi connectivity index (χ4v) is 4.85. The van der Waals surface area contributed by atoms with Crippen molar-refractivity contribution in [1.29, 1.82) is 5.26 Å². The van der Waals surface area contributed by atoms with E-state index in [0.29, 0.717) is 24.7 Å². The Morgan fingerprint density at radius 1 is 1.35 bits per heavy atom. The molecule has 0 aliphatic heterocycles. The lowest BCUT2D eigenvalue weighted by atomic mass is 9.83.